The first-order valence-electron chi connectivity index (χ1n) is 6.57. The van der Waals surface area contributed by atoms with E-state index in [-0.39, 0.29) is 12.2 Å². The molecule has 6 nitrogen and oxygen atoms in total. The standard InChI is InChI=1S/C13H19FN2O4S/c1-16(9-13(17)5-7-20-8-6-13)21(18,19)12-10(14)3-2-4-11(12)15/h2-4,17H,5-9,15H2,1H3. The molecule has 0 aliphatic carbocycles. The Morgan fingerprint density at radius 1 is 1.43 bits per heavy atom. The molecule has 2 rings (SSSR count). The van der Waals surface area contributed by atoms with E-state index in [9.17, 15) is 17.9 Å². The van der Waals surface area contributed by atoms with Crippen LogP contribution >= 0.6 is 0 Å². The first kappa shape index (κ1) is 16.2. The number of nitrogens with zero attached hydrogens (tertiary/aromatic N) is 1. The van der Waals surface area contributed by atoms with E-state index >= 15 is 0 Å². The molecule has 1 aromatic carbocycles. The lowest BCUT2D eigenvalue weighted by molar-refractivity contribution is -0.0689. The molecule has 1 saturated heterocycles. The van der Waals surface area contributed by atoms with E-state index in [1.807, 2.05) is 0 Å². The van der Waals surface area contributed by atoms with Gasteiger partial charge in [0.1, 0.15) is 10.7 Å². The van der Waals surface area contributed by atoms with Crippen LogP contribution in [0.25, 0.3) is 0 Å². The summed E-state index contributed by atoms with van der Waals surface area (Å²) in [5.74, 6) is -0.902. The highest BCUT2D eigenvalue weighted by Gasteiger charge is 2.36. The monoisotopic (exact) mass is 318 g/mol. The number of aliphatic hydroxyl groups is 1. The Kier molecular flexibility index (Phi) is 4.52. The molecule has 0 atom stereocenters. The first-order chi connectivity index (χ1) is 9.76. The third-order valence-electron chi connectivity index (χ3n) is 3.61. The van der Waals surface area contributed by atoms with Crippen molar-refractivity contribution in [3.8, 4) is 0 Å². The van der Waals surface area contributed by atoms with Gasteiger partial charge < -0.3 is 15.6 Å². The number of hydrogen-bond donors (Lipinski definition) is 2. The van der Waals surface area contributed by atoms with Crippen molar-refractivity contribution in [1.82, 2.24) is 4.31 Å². The summed E-state index contributed by atoms with van der Waals surface area (Å²) in [7, 11) is -2.81. The van der Waals surface area contributed by atoms with Gasteiger partial charge in [-0.3, -0.25) is 0 Å². The normalized spacial score (nSPS) is 18.9. The molecule has 8 heteroatoms. The molecule has 0 aromatic heterocycles. The summed E-state index contributed by atoms with van der Waals surface area (Å²) in [4.78, 5) is -0.553. The van der Waals surface area contributed by atoms with Gasteiger partial charge in [0, 0.05) is 39.6 Å². The van der Waals surface area contributed by atoms with E-state index in [2.05, 4.69) is 0 Å². The molecule has 0 saturated carbocycles. The molecule has 0 radical (unpaired) electrons. The topological polar surface area (TPSA) is 92.9 Å². The highest BCUT2D eigenvalue weighted by Crippen LogP contribution is 2.28. The van der Waals surface area contributed by atoms with Gasteiger partial charge in [-0.15, -0.1) is 0 Å². The van der Waals surface area contributed by atoms with Crippen LogP contribution in [0.4, 0.5) is 10.1 Å². The second kappa shape index (κ2) is 5.88. The molecule has 21 heavy (non-hydrogen) atoms. The number of ether oxygens (including phenoxy) is 1. The van der Waals surface area contributed by atoms with Crippen LogP contribution in [0.1, 0.15) is 12.8 Å². The maximum Gasteiger partial charge on any atom is 0.247 e. The second-order valence-electron chi connectivity index (χ2n) is 5.26. The molecule has 0 unspecified atom stereocenters. The van der Waals surface area contributed by atoms with Gasteiger partial charge >= 0.3 is 0 Å². The number of likely N-dealkylation sites (N-methyl/N-ethyl adjacent to an activating group) is 1. The number of hydrogen-bond acceptors (Lipinski definition) is 5. The lowest BCUT2D eigenvalue weighted by Gasteiger charge is -2.35. The summed E-state index contributed by atoms with van der Waals surface area (Å²) >= 11 is 0. The molecule has 3 N–H and O–H groups in total. The lowest BCUT2D eigenvalue weighted by Crippen LogP contribution is -2.47. The average Bonchev–Trinajstić information content (AvgIpc) is 2.38. The Balaban J connectivity index is 2.27. The number of halogens is 1. The van der Waals surface area contributed by atoms with Gasteiger partial charge in [-0.05, 0) is 12.1 Å². The van der Waals surface area contributed by atoms with Crippen molar-refractivity contribution in [2.45, 2.75) is 23.3 Å². The number of nitrogens with two attached hydrogens (primary N) is 1. The van der Waals surface area contributed by atoms with E-state index in [1.165, 1.54) is 19.2 Å². The highest BCUT2D eigenvalue weighted by atomic mass is 32.2. The van der Waals surface area contributed by atoms with E-state index in [0.717, 1.165) is 10.4 Å². The second-order valence-corrected chi connectivity index (χ2v) is 7.24. The Bertz CT molecular complexity index is 594. The number of benzene rings is 1. The van der Waals surface area contributed by atoms with E-state index in [0.29, 0.717) is 26.1 Å². The number of rotatable bonds is 4. The minimum absolute atomic E-state index is 0.132. The Labute approximate surface area is 123 Å². The molecular weight excluding hydrogens is 299 g/mol. The quantitative estimate of drug-likeness (QED) is 0.792. The Morgan fingerprint density at radius 2 is 2.05 bits per heavy atom. The predicted octanol–water partition coefficient (Wildman–Crippen LogP) is 0.570. The molecule has 1 aromatic rings. The zero-order valence-electron chi connectivity index (χ0n) is 11.8. The van der Waals surface area contributed by atoms with Crippen molar-refractivity contribution < 1.29 is 22.7 Å². The molecule has 1 aliphatic rings. The van der Waals surface area contributed by atoms with Gasteiger partial charge in [0.25, 0.3) is 0 Å². The van der Waals surface area contributed by atoms with Crippen LogP contribution in [0, 0.1) is 5.82 Å². The van der Waals surface area contributed by atoms with Crippen molar-refractivity contribution in [3.05, 3.63) is 24.0 Å². The summed E-state index contributed by atoms with van der Waals surface area (Å²) in [6.45, 7) is 0.602. The fourth-order valence-electron chi connectivity index (χ4n) is 2.36. The largest absolute Gasteiger partial charge is 0.398 e. The zero-order chi connectivity index (χ0) is 15.7. The molecule has 118 valence electrons. The number of anilines is 1. The minimum Gasteiger partial charge on any atom is -0.398 e. The smallest absolute Gasteiger partial charge is 0.247 e. The van der Waals surface area contributed by atoms with Crippen LogP contribution in [-0.2, 0) is 14.8 Å². The van der Waals surface area contributed by atoms with Crippen LogP contribution in [0.2, 0.25) is 0 Å². The van der Waals surface area contributed by atoms with Crippen LogP contribution < -0.4 is 5.73 Å². The predicted molar refractivity (Wildman–Crippen MR) is 75.6 cm³/mol. The van der Waals surface area contributed by atoms with Gasteiger partial charge in [0.05, 0.1) is 11.3 Å². The van der Waals surface area contributed by atoms with Crippen molar-refractivity contribution >= 4 is 15.7 Å². The van der Waals surface area contributed by atoms with Crippen LogP contribution in [0.5, 0.6) is 0 Å². The van der Waals surface area contributed by atoms with Crippen LogP contribution in [-0.4, -0.2) is 50.2 Å². The molecule has 0 bridgehead atoms. The molecule has 1 heterocycles. The van der Waals surface area contributed by atoms with Crippen molar-refractivity contribution in [2.75, 3.05) is 32.5 Å². The molecule has 0 amide bonds. The van der Waals surface area contributed by atoms with Crippen molar-refractivity contribution in [2.24, 2.45) is 0 Å². The number of sulfonamides is 1. The minimum atomic E-state index is -4.11. The fourth-order valence-corrected chi connectivity index (χ4v) is 3.76. The maximum absolute atomic E-state index is 13.8. The molecule has 1 aliphatic heterocycles. The van der Waals surface area contributed by atoms with E-state index in [1.54, 1.807) is 0 Å². The molecule has 0 spiro atoms. The Morgan fingerprint density at radius 3 is 2.62 bits per heavy atom. The maximum atomic E-state index is 13.8. The zero-order valence-corrected chi connectivity index (χ0v) is 12.6. The van der Waals surface area contributed by atoms with Gasteiger partial charge in [-0.1, -0.05) is 6.07 Å². The van der Waals surface area contributed by atoms with Crippen molar-refractivity contribution in [3.63, 3.8) is 0 Å². The van der Waals surface area contributed by atoms with Crippen LogP contribution in [0.15, 0.2) is 23.1 Å². The summed E-state index contributed by atoms with van der Waals surface area (Å²) in [5.41, 5.74) is 4.26. The lowest BCUT2D eigenvalue weighted by atomic mass is 9.95. The first-order valence-corrected chi connectivity index (χ1v) is 8.01. The summed E-state index contributed by atoms with van der Waals surface area (Å²) in [6, 6.07) is 3.71. The van der Waals surface area contributed by atoms with Crippen molar-refractivity contribution in [1.29, 1.82) is 0 Å². The highest BCUT2D eigenvalue weighted by molar-refractivity contribution is 7.89. The summed E-state index contributed by atoms with van der Waals surface area (Å²) < 4.78 is 44.8. The molecular formula is C13H19FN2O4S. The van der Waals surface area contributed by atoms with E-state index < -0.39 is 26.3 Å². The van der Waals surface area contributed by atoms with Gasteiger partial charge in [-0.25, -0.2) is 12.8 Å². The van der Waals surface area contributed by atoms with Gasteiger partial charge in [0.15, 0.2) is 0 Å². The third kappa shape index (κ3) is 3.34. The van der Waals surface area contributed by atoms with Gasteiger partial charge in [0.2, 0.25) is 10.0 Å². The van der Waals surface area contributed by atoms with Gasteiger partial charge in [-0.2, -0.15) is 4.31 Å². The summed E-state index contributed by atoms with van der Waals surface area (Å²) in [6.07, 6.45) is 0.666. The molecule has 1 fully saturated rings. The third-order valence-corrected chi connectivity index (χ3v) is 5.50. The Hall–Kier alpha value is -1.22. The average molecular weight is 318 g/mol. The summed E-state index contributed by atoms with van der Waals surface area (Å²) in [5, 5.41) is 10.4. The van der Waals surface area contributed by atoms with E-state index in [4.69, 9.17) is 10.5 Å². The fraction of sp³-hybridized carbons (Fsp3) is 0.538. The van der Waals surface area contributed by atoms with Crippen LogP contribution in [0.3, 0.4) is 0 Å². The number of nitrogen functional groups attached to an aromatic ring is 1. The SMILES string of the molecule is CN(CC1(O)CCOCC1)S(=O)(=O)c1c(N)cccc1F.